The fourth-order valence-electron chi connectivity index (χ4n) is 3.13. The molecule has 18 heavy (non-hydrogen) atoms. The fraction of sp³-hybridized carbons (Fsp3) is 0.533. The van der Waals surface area contributed by atoms with Gasteiger partial charge in [0, 0.05) is 18.9 Å². The minimum Gasteiger partial charge on any atom is -0.486 e. The molecule has 96 valence electrons. The number of hydrogen-bond donors (Lipinski definition) is 1. The van der Waals surface area contributed by atoms with Crippen LogP contribution in [0.1, 0.15) is 42.1 Å². The van der Waals surface area contributed by atoms with Crippen LogP contribution in [-0.4, -0.2) is 24.0 Å². The molecule has 0 radical (unpaired) electrons. The summed E-state index contributed by atoms with van der Waals surface area (Å²) in [5.74, 6) is 1.01. The maximum absolute atomic E-state index is 12.3. The summed E-state index contributed by atoms with van der Waals surface area (Å²) >= 11 is 0. The van der Waals surface area contributed by atoms with Crippen LogP contribution in [0, 0.1) is 6.92 Å². The van der Waals surface area contributed by atoms with Crippen LogP contribution in [0.5, 0.6) is 5.75 Å². The number of ketones is 1. The Morgan fingerprint density at radius 3 is 3.06 bits per heavy atom. The maximum Gasteiger partial charge on any atom is 0.170 e. The van der Waals surface area contributed by atoms with E-state index >= 15 is 0 Å². The van der Waals surface area contributed by atoms with Gasteiger partial charge in [-0.25, -0.2) is 0 Å². The van der Waals surface area contributed by atoms with Crippen molar-refractivity contribution < 1.29 is 9.53 Å². The van der Waals surface area contributed by atoms with Crippen LogP contribution < -0.4 is 10.1 Å². The molecule has 0 unspecified atom stereocenters. The lowest BCUT2D eigenvalue weighted by molar-refractivity contribution is 0.00872. The van der Waals surface area contributed by atoms with Gasteiger partial charge in [-0.3, -0.25) is 4.79 Å². The molecule has 2 aliphatic heterocycles. The van der Waals surface area contributed by atoms with E-state index in [4.69, 9.17) is 4.74 Å². The Bertz CT molecular complexity index is 497. The summed E-state index contributed by atoms with van der Waals surface area (Å²) in [6.07, 6.45) is 2.34. The number of hydrogen-bond acceptors (Lipinski definition) is 3. The lowest BCUT2D eigenvalue weighted by atomic mass is 9.80. The molecule has 3 nitrogen and oxygen atoms in total. The molecule has 0 aromatic heterocycles. The average molecular weight is 245 g/mol. The normalized spacial score (nSPS) is 31.0. The number of carbonyl (C=O) groups is 1. The molecule has 0 bridgehead atoms. The molecule has 1 spiro atoms. The van der Waals surface area contributed by atoms with E-state index in [2.05, 4.69) is 12.2 Å². The predicted molar refractivity (Wildman–Crippen MR) is 70.2 cm³/mol. The molecule has 1 N–H and O–H groups in total. The van der Waals surface area contributed by atoms with E-state index in [1.54, 1.807) is 0 Å². The van der Waals surface area contributed by atoms with Crippen molar-refractivity contribution in [2.75, 3.05) is 6.54 Å². The molecule has 2 atom stereocenters. The van der Waals surface area contributed by atoms with Gasteiger partial charge in [0.2, 0.25) is 0 Å². The largest absolute Gasteiger partial charge is 0.486 e. The summed E-state index contributed by atoms with van der Waals surface area (Å²) in [6, 6.07) is 6.27. The number of piperidine rings is 1. The zero-order chi connectivity index (χ0) is 12.8. The highest BCUT2D eigenvalue weighted by molar-refractivity contribution is 6.00. The van der Waals surface area contributed by atoms with Gasteiger partial charge in [-0.2, -0.15) is 0 Å². The molecule has 1 aromatic rings. The van der Waals surface area contributed by atoms with Gasteiger partial charge >= 0.3 is 0 Å². The third kappa shape index (κ3) is 1.93. The number of rotatable bonds is 0. The van der Waals surface area contributed by atoms with Crippen LogP contribution in [0.15, 0.2) is 18.2 Å². The Labute approximate surface area is 108 Å². The zero-order valence-electron chi connectivity index (χ0n) is 11.0. The molecule has 2 heterocycles. The van der Waals surface area contributed by atoms with Crippen LogP contribution in [-0.2, 0) is 0 Å². The van der Waals surface area contributed by atoms with E-state index in [1.165, 1.54) is 0 Å². The highest BCUT2D eigenvalue weighted by atomic mass is 16.5. The summed E-state index contributed by atoms with van der Waals surface area (Å²) in [5.41, 5.74) is 1.61. The number of ether oxygens (including phenoxy) is 1. The Hall–Kier alpha value is -1.35. The number of aryl methyl sites for hydroxylation is 1. The van der Waals surface area contributed by atoms with Gasteiger partial charge in [-0.1, -0.05) is 6.07 Å². The molecular formula is C15H19NO2. The summed E-state index contributed by atoms with van der Waals surface area (Å²) in [6.45, 7) is 5.11. The summed E-state index contributed by atoms with van der Waals surface area (Å²) in [4.78, 5) is 12.3. The molecular weight excluding hydrogens is 226 g/mol. The number of carbonyl (C=O) groups excluding carboxylic acids is 1. The third-order valence-electron chi connectivity index (χ3n) is 4.00. The van der Waals surface area contributed by atoms with Crippen LogP contribution in [0.25, 0.3) is 0 Å². The molecule has 1 aromatic carbocycles. The van der Waals surface area contributed by atoms with Gasteiger partial charge in [-0.05, 0) is 38.1 Å². The maximum atomic E-state index is 12.3. The van der Waals surface area contributed by atoms with E-state index in [-0.39, 0.29) is 11.4 Å². The van der Waals surface area contributed by atoms with Crippen molar-refractivity contribution in [2.45, 2.75) is 44.8 Å². The van der Waals surface area contributed by atoms with Crippen LogP contribution in [0.3, 0.4) is 0 Å². The van der Waals surface area contributed by atoms with Crippen molar-refractivity contribution in [3.8, 4) is 5.75 Å². The van der Waals surface area contributed by atoms with Crippen molar-refractivity contribution in [1.82, 2.24) is 5.32 Å². The van der Waals surface area contributed by atoms with E-state index in [0.29, 0.717) is 12.5 Å². The van der Waals surface area contributed by atoms with Gasteiger partial charge < -0.3 is 10.1 Å². The lowest BCUT2D eigenvalue weighted by Crippen LogP contribution is -2.52. The first kappa shape index (κ1) is 11.7. The molecule has 2 aliphatic rings. The molecule has 1 fully saturated rings. The first-order chi connectivity index (χ1) is 8.58. The van der Waals surface area contributed by atoms with Crippen LogP contribution >= 0.6 is 0 Å². The van der Waals surface area contributed by atoms with Crippen molar-refractivity contribution in [3.05, 3.63) is 29.3 Å². The highest BCUT2D eigenvalue weighted by Crippen LogP contribution is 2.39. The first-order valence-electron chi connectivity index (χ1n) is 6.64. The minimum atomic E-state index is -0.275. The van der Waals surface area contributed by atoms with Gasteiger partial charge in [0.05, 0.1) is 12.0 Å². The quantitative estimate of drug-likeness (QED) is 0.763. The summed E-state index contributed by atoms with van der Waals surface area (Å²) in [7, 11) is 0. The second-order valence-corrected chi connectivity index (χ2v) is 5.69. The second kappa shape index (κ2) is 4.09. The molecule has 0 amide bonds. The van der Waals surface area contributed by atoms with Crippen LogP contribution in [0.2, 0.25) is 0 Å². The van der Waals surface area contributed by atoms with Gasteiger partial charge in [0.25, 0.3) is 0 Å². The minimum absolute atomic E-state index is 0.227. The fourth-order valence-corrected chi connectivity index (χ4v) is 3.13. The topological polar surface area (TPSA) is 38.3 Å². The van der Waals surface area contributed by atoms with E-state index in [0.717, 1.165) is 36.3 Å². The van der Waals surface area contributed by atoms with Crippen molar-refractivity contribution in [2.24, 2.45) is 0 Å². The second-order valence-electron chi connectivity index (χ2n) is 5.69. The number of fused-ring (bicyclic) bond motifs is 1. The molecule has 0 aliphatic carbocycles. The SMILES string of the molecule is Cc1ccc2c(c1)O[C@@]1(CCN[C@@H](C)C1)CC2=O. The number of Topliss-reactive ketones (excluding diaryl/α,β-unsaturated/α-hetero) is 1. The van der Waals surface area contributed by atoms with E-state index in [1.807, 2.05) is 25.1 Å². The van der Waals surface area contributed by atoms with Crippen molar-refractivity contribution in [3.63, 3.8) is 0 Å². The van der Waals surface area contributed by atoms with Gasteiger partial charge in [0.1, 0.15) is 11.4 Å². The smallest absolute Gasteiger partial charge is 0.170 e. The van der Waals surface area contributed by atoms with Crippen LogP contribution in [0.4, 0.5) is 0 Å². The van der Waals surface area contributed by atoms with Gasteiger partial charge in [-0.15, -0.1) is 0 Å². The standard InChI is InChI=1S/C15H19NO2/c1-10-3-4-12-13(17)9-15(18-14(12)7-10)5-6-16-11(2)8-15/h3-4,7,11,16H,5-6,8-9H2,1-2H3/t11-,15+/m0/s1. The Morgan fingerprint density at radius 1 is 1.44 bits per heavy atom. The monoisotopic (exact) mass is 245 g/mol. The molecule has 1 saturated heterocycles. The van der Waals surface area contributed by atoms with E-state index < -0.39 is 0 Å². The molecule has 3 rings (SSSR count). The lowest BCUT2D eigenvalue weighted by Gasteiger charge is -2.43. The molecule has 0 saturated carbocycles. The highest BCUT2D eigenvalue weighted by Gasteiger charge is 2.43. The summed E-state index contributed by atoms with van der Waals surface area (Å²) < 4.78 is 6.22. The summed E-state index contributed by atoms with van der Waals surface area (Å²) in [5, 5.41) is 3.41. The Kier molecular flexibility index (Phi) is 2.67. The first-order valence-corrected chi connectivity index (χ1v) is 6.64. The zero-order valence-corrected chi connectivity index (χ0v) is 11.0. The Balaban J connectivity index is 1.97. The molecule has 3 heteroatoms. The van der Waals surface area contributed by atoms with Crippen molar-refractivity contribution >= 4 is 5.78 Å². The number of nitrogens with one attached hydrogen (secondary N) is 1. The van der Waals surface area contributed by atoms with Crippen molar-refractivity contribution in [1.29, 1.82) is 0 Å². The van der Waals surface area contributed by atoms with Gasteiger partial charge in [0.15, 0.2) is 5.78 Å². The average Bonchev–Trinajstić information content (AvgIpc) is 2.27. The number of benzene rings is 1. The predicted octanol–water partition coefficient (Wildman–Crippen LogP) is 2.47. The van der Waals surface area contributed by atoms with E-state index in [9.17, 15) is 4.79 Å². The Morgan fingerprint density at radius 2 is 2.28 bits per heavy atom. The third-order valence-corrected chi connectivity index (χ3v) is 4.00.